The molecular weight excluding hydrogens is 344 g/mol. The fraction of sp³-hybridized carbons (Fsp3) is 0.0769. The summed E-state index contributed by atoms with van der Waals surface area (Å²) in [6.07, 6.45) is 0. The maximum atomic E-state index is 9.88. The molecule has 3 rings (SSSR count). The van der Waals surface area contributed by atoms with Gasteiger partial charge in [0.1, 0.15) is 11.5 Å². The molecule has 0 aliphatic carbocycles. The Morgan fingerprint density at radius 1 is 1.35 bits per heavy atom. The summed E-state index contributed by atoms with van der Waals surface area (Å²) in [5, 5.41) is 15.7. The van der Waals surface area contributed by atoms with Crippen molar-refractivity contribution in [3.8, 4) is 33.7 Å². The van der Waals surface area contributed by atoms with E-state index in [2.05, 4.69) is 26.1 Å². The standard InChI is InChI=1S/C13H9BrN2O3S/c1-18-8-2-3-10(17)9(5-8)13-15-12(16-19-13)11-4-7(14)6-20-11/h2-6,17H,1H3. The van der Waals surface area contributed by atoms with Crippen molar-refractivity contribution in [2.75, 3.05) is 7.11 Å². The molecule has 0 saturated carbocycles. The number of phenols is 1. The lowest BCUT2D eigenvalue weighted by molar-refractivity contribution is 0.408. The largest absolute Gasteiger partial charge is 0.507 e. The van der Waals surface area contributed by atoms with Crippen LogP contribution in [0.4, 0.5) is 0 Å². The van der Waals surface area contributed by atoms with Crippen molar-refractivity contribution < 1.29 is 14.4 Å². The van der Waals surface area contributed by atoms with Gasteiger partial charge in [-0.3, -0.25) is 0 Å². The molecule has 1 N–H and O–H groups in total. The minimum atomic E-state index is 0.0633. The van der Waals surface area contributed by atoms with E-state index in [9.17, 15) is 5.11 Å². The van der Waals surface area contributed by atoms with Gasteiger partial charge < -0.3 is 14.4 Å². The number of methoxy groups -OCH3 is 1. The molecule has 0 amide bonds. The van der Waals surface area contributed by atoms with Gasteiger partial charge in [-0.15, -0.1) is 11.3 Å². The zero-order valence-corrected chi connectivity index (χ0v) is 12.7. The molecule has 5 nitrogen and oxygen atoms in total. The first-order chi connectivity index (χ1) is 9.67. The van der Waals surface area contributed by atoms with Crippen LogP contribution in [0, 0.1) is 0 Å². The number of aromatic hydroxyl groups is 1. The molecule has 0 spiro atoms. The first-order valence-electron chi connectivity index (χ1n) is 5.63. The van der Waals surface area contributed by atoms with Crippen LogP contribution in [0.25, 0.3) is 22.2 Å². The molecule has 2 aromatic heterocycles. The molecular formula is C13H9BrN2O3S. The zero-order valence-electron chi connectivity index (χ0n) is 10.3. The molecule has 20 heavy (non-hydrogen) atoms. The number of hydrogen-bond acceptors (Lipinski definition) is 6. The molecule has 0 unspecified atom stereocenters. The summed E-state index contributed by atoms with van der Waals surface area (Å²) >= 11 is 4.88. The number of nitrogens with zero attached hydrogens (tertiary/aromatic N) is 2. The maximum Gasteiger partial charge on any atom is 0.262 e. The van der Waals surface area contributed by atoms with Crippen molar-refractivity contribution in [3.05, 3.63) is 34.1 Å². The van der Waals surface area contributed by atoms with Crippen LogP contribution >= 0.6 is 27.3 Å². The van der Waals surface area contributed by atoms with Crippen LogP contribution in [0.15, 0.2) is 38.6 Å². The average molecular weight is 353 g/mol. The molecule has 0 atom stereocenters. The number of aromatic nitrogens is 2. The predicted octanol–water partition coefficient (Wildman–Crippen LogP) is 3.94. The van der Waals surface area contributed by atoms with Gasteiger partial charge in [0.15, 0.2) is 0 Å². The SMILES string of the molecule is COc1ccc(O)c(-c2nc(-c3cc(Br)cs3)no2)c1. The third kappa shape index (κ3) is 2.41. The quantitative estimate of drug-likeness (QED) is 0.772. The van der Waals surface area contributed by atoms with Crippen LogP contribution in [0.5, 0.6) is 11.5 Å². The Morgan fingerprint density at radius 2 is 2.20 bits per heavy atom. The average Bonchev–Trinajstić information content (AvgIpc) is 3.08. The summed E-state index contributed by atoms with van der Waals surface area (Å²) in [5.41, 5.74) is 0.443. The lowest BCUT2D eigenvalue weighted by atomic mass is 10.2. The Labute approximate surface area is 127 Å². The van der Waals surface area contributed by atoms with Gasteiger partial charge in [-0.05, 0) is 40.2 Å². The summed E-state index contributed by atoms with van der Waals surface area (Å²) in [4.78, 5) is 5.18. The van der Waals surface area contributed by atoms with Crippen molar-refractivity contribution >= 4 is 27.3 Å². The molecule has 7 heteroatoms. The highest BCUT2D eigenvalue weighted by molar-refractivity contribution is 9.10. The number of halogens is 1. The summed E-state index contributed by atoms with van der Waals surface area (Å²) in [7, 11) is 1.55. The summed E-state index contributed by atoms with van der Waals surface area (Å²) in [6.45, 7) is 0. The van der Waals surface area contributed by atoms with Crippen molar-refractivity contribution in [3.63, 3.8) is 0 Å². The van der Waals surface area contributed by atoms with Gasteiger partial charge in [0.05, 0.1) is 17.6 Å². The van der Waals surface area contributed by atoms with E-state index in [0.29, 0.717) is 17.1 Å². The molecule has 102 valence electrons. The summed E-state index contributed by atoms with van der Waals surface area (Å²) in [6, 6.07) is 6.74. The highest BCUT2D eigenvalue weighted by atomic mass is 79.9. The molecule has 0 aliphatic heterocycles. The van der Waals surface area contributed by atoms with Gasteiger partial charge in [0, 0.05) is 9.85 Å². The fourth-order valence-corrected chi connectivity index (χ4v) is 3.03. The van der Waals surface area contributed by atoms with Gasteiger partial charge >= 0.3 is 0 Å². The van der Waals surface area contributed by atoms with Gasteiger partial charge in [-0.25, -0.2) is 0 Å². The van der Waals surface area contributed by atoms with E-state index < -0.39 is 0 Å². The van der Waals surface area contributed by atoms with E-state index in [0.717, 1.165) is 9.35 Å². The van der Waals surface area contributed by atoms with Crippen LogP contribution < -0.4 is 4.74 Å². The molecule has 3 aromatic rings. The van der Waals surface area contributed by atoms with Gasteiger partial charge in [0.2, 0.25) is 5.82 Å². The minimum absolute atomic E-state index is 0.0633. The monoisotopic (exact) mass is 352 g/mol. The van der Waals surface area contributed by atoms with E-state index in [1.54, 1.807) is 19.2 Å². The highest BCUT2D eigenvalue weighted by Crippen LogP contribution is 2.34. The minimum Gasteiger partial charge on any atom is -0.507 e. The molecule has 0 saturated heterocycles. The van der Waals surface area contributed by atoms with E-state index in [4.69, 9.17) is 9.26 Å². The van der Waals surface area contributed by atoms with Crippen LogP contribution in [-0.2, 0) is 0 Å². The third-order valence-electron chi connectivity index (χ3n) is 2.65. The molecule has 0 radical (unpaired) electrons. The fourth-order valence-electron chi connectivity index (χ4n) is 1.68. The molecule has 0 bridgehead atoms. The van der Waals surface area contributed by atoms with E-state index in [1.165, 1.54) is 17.4 Å². The van der Waals surface area contributed by atoms with Gasteiger partial charge in [-0.1, -0.05) is 5.16 Å². The van der Waals surface area contributed by atoms with Crippen molar-refractivity contribution in [2.45, 2.75) is 0 Å². The smallest absolute Gasteiger partial charge is 0.262 e. The lowest BCUT2D eigenvalue weighted by Crippen LogP contribution is -1.85. The molecule has 0 fully saturated rings. The van der Waals surface area contributed by atoms with Crippen LogP contribution in [0.2, 0.25) is 0 Å². The topological polar surface area (TPSA) is 68.4 Å². The summed E-state index contributed by atoms with van der Waals surface area (Å²) in [5.74, 6) is 1.41. The van der Waals surface area contributed by atoms with Crippen LogP contribution in [-0.4, -0.2) is 22.4 Å². The number of rotatable bonds is 3. The Morgan fingerprint density at radius 3 is 2.90 bits per heavy atom. The number of ether oxygens (including phenoxy) is 1. The van der Waals surface area contributed by atoms with Crippen LogP contribution in [0.3, 0.4) is 0 Å². The second-order valence-corrected chi connectivity index (χ2v) is 5.76. The number of benzene rings is 1. The molecule has 1 aromatic carbocycles. The predicted molar refractivity (Wildman–Crippen MR) is 79.0 cm³/mol. The second-order valence-electron chi connectivity index (χ2n) is 3.94. The number of hydrogen-bond donors (Lipinski definition) is 1. The first-order valence-corrected chi connectivity index (χ1v) is 7.30. The van der Waals surface area contributed by atoms with Crippen molar-refractivity contribution in [2.24, 2.45) is 0 Å². The first kappa shape index (κ1) is 13.1. The Hall–Kier alpha value is -1.86. The lowest BCUT2D eigenvalue weighted by Gasteiger charge is -2.02. The zero-order chi connectivity index (χ0) is 14.1. The van der Waals surface area contributed by atoms with E-state index >= 15 is 0 Å². The normalized spacial score (nSPS) is 10.7. The molecule has 0 aliphatic rings. The van der Waals surface area contributed by atoms with Gasteiger partial charge in [-0.2, -0.15) is 4.98 Å². The maximum absolute atomic E-state index is 9.88. The number of phenolic OH excluding ortho intramolecular Hbond substituents is 1. The summed E-state index contributed by atoms with van der Waals surface area (Å²) < 4.78 is 11.3. The van der Waals surface area contributed by atoms with E-state index in [1.807, 2.05) is 11.4 Å². The molecule has 2 heterocycles. The van der Waals surface area contributed by atoms with Crippen molar-refractivity contribution in [1.82, 2.24) is 10.1 Å². The van der Waals surface area contributed by atoms with Crippen LogP contribution in [0.1, 0.15) is 0 Å². The third-order valence-corrected chi connectivity index (χ3v) is 4.34. The number of thiophene rings is 1. The highest BCUT2D eigenvalue weighted by Gasteiger charge is 2.16. The van der Waals surface area contributed by atoms with Gasteiger partial charge in [0.25, 0.3) is 5.89 Å². The Kier molecular flexibility index (Phi) is 3.45. The Bertz CT molecular complexity index is 754. The Balaban J connectivity index is 2.01. The second kappa shape index (κ2) is 5.26. The van der Waals surface area contributed by atoms with Crippen molar-refractivity contribution in [1.29, 1.82) is 0 Å². The van der Waals surface area contributed by atoms with E-state index in [-0.39, 0.29) is 11.6 Å².